The second kappa shape index (κ2) is 5.88. The number of alkyl halides is 5. The van der Waals surface area contributed by atoms with E-state index in [0.29, 0.717) is 0 Å². The first kappa shape index (κ1) is 16.6. The van der Waals surface area contributed by atoms with E-state index in [1.54, 1.807) is 20.8 Å². The molecule has 4 unspecified atom stereocenters. The van der Waals surface area contributed by atoms with Gasteiger partial charge in [0, 0.05) is 6.42 Å². The highest BCUT2D eigenvalue weighted by Crippen LogP contribution is 2.33. The lowest BCUT2D eigenvalue weighted by Gasteiger charge is -2.38. The Morgan fingerprint density at radius 2 is 1.42 bits per heavy atom. The number of hydrogen-bond donors (Lipinski definition) is 0. The zero-order chi connectivity index (χ0) is 14.8. The maximum absolute atomic E-state index is 12.9. The molecule has 0 aromatic heterocycles. The van der Waals surface area contributed by atoms with E-state index in [0.717, 1.165) is 0 Å². The van der Waals surface area contributed by atoms with Crippen molar-refractivity contribution in [3.8, 4) is 0 Å². The number of ether oxygens (including phenoxy) is 3. The first-order chi connectivity index (χ1) is 8.50. The van der Waals surface area contributed by atoms with Gasteiger partial charge in [0.05, 0.1) is 24.4 Å². The maximum Gasteiger partial charge on any atom is 0.527 e. The molecule has 0 aromatic carbocycles. The van der Waals surface area contributed by atoms with Crippen molar-refractivity contribution in [3.63, 3.8) is 0 Å². The summed E-state index contributed by atoms with van der Waals surface area (Å²) in [7, 11) is 0. The molecule has 1 aliphatic heterocycles. The number of rotatable bonds is 4. The van der Waals surface area contributed by atoms with Gasteiger partial charge in [-0.25, -0.2) is 4.74 Å². The van der Waals surface area contributed by atoms with Crippen LogP contribution in [0.5, 0.6) is 0 Å². The number of halogens is 5. The van der Waals surface area contributed by atoms with Gasteiger partial charge in [0.25, 0.3) is 0 Å². The average Bonchev–Trinajstić information content (AvgIpc) is 2.18. The summed E-state index contributed by atoms with van der Waals surface area (Å²) in [5, 5.41) is 0. The normalized spacial score (nSPS) is 33.5. The van der Waals surface area contributed by atoms with E-state index in [4.69, 9.17) is 9.47 Å². The fourth-order valence-electron chi connectivity index (χ4n) is 1.87. The number of hydrogen-bond acceptors (Lipinski definition) is 3. The zero-order valence-electron chi connectivity index (χ0n) is 10.8. The summed E-state index contributed by atoms with van der Waals surface area (Å²) in [5.41, 5.74) is 0. The predicted molar refractivity (Wildman–Crippen MR) is 55.7 cm³/mol. The minimum atomic E-state index is -5.36. The van der Waals surface area contributed by atoms with Crippen molar-refractivity contribution in [1.82, 2.24) is 0 Å². The van der Waals surface area contributed by atoms with Gasteiger partial charge in [0.1, 0.15) is 0 Å². The predicted octanol–water partition coefficient (Wildman–Crippen LogP) is 3.48. The van der Waals surface area contributed by atoms with Crippen LogP contribution >= 0.6 is 0 Å². The first-order valence-electron chi connectivity index (χ1n) is 5.96. The van der Waals surface area contributed by atoms with Gasteiger partial charge in [-0.1, -0.05) is 0 Å². The van der Waals surface area contributed by atoms with Gasteiger partial charge in [0.15, 0.2) is 0 Å². The third-order valence-corrected chi connectivity index (χ3v) is 2.99. The van der Waals surface area contributed by atoms with Crippen molar-refractivity contribution in [2.75, 3.05) is 0 Å². The molecule has 0 N–H and O–H groups in total. The minimum Gasteiger partial charge on any atom is -0.370 e. The highest BCUT2D eigenvalue weighted by atomic mass is 19.4. The van der Waals surface area contributed by atoms with E-state index >= 15 is 0 Å². The van der Waals surface area contributed by atoms with Gasteiger partial charge in [-0.15, -0.1) is 13.2 Å². The van der Waals surface area contributed by atoms with Crippen molar-refractivity contribution in [1.29, 1.82) is 0 Å². The highest BCUT2D eigenvalue weighted by Gasteiger charge is 2.45. The molecule has 1 heterocycles. The summed E-state index contributed by atoms with van der Waals surface area (Å²) in [4.78, 5) is 0. The van der Waals surface area contributed by atoms with E-state index in [1.165, 1.54) is 0 Å². The van der Waals surface area contributed by atoms with Crippen LogP contribution in [0.15, 0.2) is 0 Å². The van der Waals surface area contributed by atoms with Crippen molar-refractivity contribution >= 4 is 0 Å². The van der Waals surface area contributed by atoms with Crippen molar-refractivity contribution in [2.45, 2.75) is 70.5 Å². The summed E-state index contributed by atoms with van der Waals surface area (Å²) in [6.07, 6.45) is -12.6. The first-order valence-corrected chi connectivity index (χ1v) is 5.96. The van der Waals surface area contributed by atoms with Crippen LogP contribution in [-0.2, 0) is 14.2 Å². The highest BCUT2D eigenvalue weighted by molar-refractivity contribution is 4.78. The summed E-state index contributed by atoms with van der Waals surface area (Å²) < 4.78 is 74.8. The molecule has 0 radical (unpaired) electrons. The third kappa shape index (κ3) is 5.58. The monoisotopic (exact) mass is 292 g/mol. The smallest absolute Gasteiger partial charge is 0.370 e. The second-order valence-corrected chi connectivity index (χ2v) is 4.65. The molecule has 0 bridgehead atoms. The fraction of sp³-hybridized carbons (Fsp3) is 1.00. The topological polar surface area (TPSA) is 27.7 Å². The summed E-state index contributed by atoms with van der Waals surface area (Å²) in [6.45, 7) is 5.13. The molecule has 19 heavy (non-hydrogen) atoms. The third-order valence-electron chi connectivity index (χ3n) is 2.99. The van der Waals surface area contributed by atoms with Gasteiger partial charge in [-0.3, -0.25) is 0 Å². The Hall–Kier alpha value is -0.470. The van der Waals surface area contributed by atoms with Crippen LogP contribution in [0.3, 0.4) is 0 Å². The maximum atomic E-state index is 12.9. The van der Waals surface area contributed by atoms with Gasteiger partial charge in [0.2, 0.25) is 0 Å². The van der Waals surface area contributed by atoms with E-state index in [2.05, 4.69) is 4.74 Å². The van der Waals surface area contributed by atoms with Crippen molar-refractivity contribution in [2.24, 2.45) is 0 Å². The summed E-state index contributed by atoms with van der Waals surface area (Å²) in [6, 6.07) is 0. The summed E-state index contributed by atoms with van der Waals surface area (Å²) >= 11 is 0. The van der Waals surface area contributed by atoms with Gasteiger partial charge < -0.3 is 9.47 Å². The van der Waals surface area contributed by atoms with Crippen molar-refractivity contribution < 1.29 is 36.2 Å². The molecule has 4 atom stereocenters. The second-order valence-electron chi connectivity index (χ2n) is 4.65. The van der Waals surface area contributed by atoms with Crippen LogP contribution < -0.4 is 0 Å². The lowest BCUT2D eigenvalue weighted by atomic mass is 10.1. The average molecular weight is 292 g/mol. The standard InChI is InChI=1S/C11H17F5O3/c1-6-7(2)18-9(8(3)17-6)4-5-10(12,13)19-11(14,15)16/h6-9H,4-5H2,1-3H3. The van der Waals surface area contributed by atoms with Gasteiger partial charge in [-0.2, -0.15) is 8.78 Å². The Labute approximate surface area is 108 Å². The molecule has 0 amide bonds. The van der Waals surface area contributed by atoms with Crippen LogP contribution in [0, 0.1) is 0 Å². The molecule has 114 valence electrons. The Morgan fingerprint density at radius 3 is 1.95 bits per heavy atom. The quantitative estimate of drug-likeness (QED) is 0.742. The van der Waals surface area contributed by atoms with Crippen LogP contribution in [0.25, 0.3) is 0 Å². The molecular weight excluding hydrogens is 275 g/mol. The van der Waals surface area contributed by atoms with Crippen molar-refractivity contribution in [3.05, 3.63) is 0 Å². The Bertz CT molecular complexity index is 295. The Morgan fingerprint density at radius 1 is 0.895 bits per heavy atom. The molecule has 0 saturated carbocycles. The van der Waals surface area contributed by atoms with E-state index in [-0.39, 0.29) is 18.6 Å². The van der Waals surface area contributed by atoms with E-state index < -0.39 is 31.1 Å². The van der Waals surface area contributed by atoms with E-state index in [1.807, 2.05) is 0 Å². The molecule has 3 nitrogen and oxygen atoms in total. The lowest BCUT2D eigenvalue weighted by molar-refractivity contribution is -0.426. The molecule has 1 rings (SSSR count). The Balaban J connectivity index is 2.47. The molecule has 0 spiro atoms. The van der Waals surface area contributed by atoms with Gasteiger partial charge >= 0.3 is 12.5 Å². The van der Waals surface area contributed by atoms with E-state index in [9.17, 15) is 22.0 Å². The van der Waals surface area contributed by atoms with Crippen LogP contribution in [-0.4, -0.2) is 36.9 Å². The Kier molecular flexibility index (Phi) is 5.14. The largest absolute Gasteiger partial charge is 0.527 e. The molecule has 0 aromatic rings. The fourth-order valence-corrected chi connectivity index (χ4v) is 1.87. The zero-order valence-corrected chi connectivity index (χ0v) is 10.8. The molecule has 1 fully saturated rings. The summed E-state index contributed by atoms with van der Waals surface area (Å²) in [5.74, 6) is 0. The molecule has 8 heteroatoms. The molecule has 0 aliphatic carbocycles. The minimum absolute atomic E-state index is 0.182. The van der Waals surface area contributed by atoms with Gasteiger partial charge in [-0.05, 0) is 27.2 Å². The van der Waals surface area contributed by atoms with Crippen LogP contribution in [0.1, 0.15) is 33.6 Å². The lowest BCUT2D eigenvalue weighted by Crippen LogP contribution is -2.46. The SMILES string of the molecule is CC1OC(C)C(CCC(F)(F)OC(F)(F)F)OC1C. The molecular formula is C11H17F5O3. The molecule has 1 aliphatic rings. The van der Waals surface area contributed by atoms with Crippen LogP contribution in [0.4, 0.5) is 22.0 Å². The van der Waals surface area contributed by atoms with Crippen LogP contribution in [0.2, 0.25) is 0 Å². The molecule has 1 saturated heterocycles.